The fourth-order valence-electron chi connectivity index (χ4n) is 3.57. The molecule has 1 aliphatic heterocycles. The molecule has 3 rings (SSSR count). The van der Waals surface area contributed by atoms with Crippen LogP contribution in [0.15, 0.2) is 24.3 Å². The normalized spacial score (nSPS) is 22.9. The molecule has 1 saturated heterocycles. The van der Waals surface area contributed by atoms with Gasteiger partial charge in [0.25, 0.3) is 0 Å². The average molecular weight is 230 g/mol. The van der Waals surface area contributed by atoms with E-state index in [0.29, 0.717) is 12.0 Å². The summed E-state index contributed by atoms with van der Waals surface area (Å²) in [5.74, 6) is 0. The zero-order valence-corrected chi connectivity index (χ0v) is 10.5. The van der Waals surface area contributed by atoms with E-state index in [4.69, 9.17) is 5.73 Å². The van der Waals surface area contributed by atoms with Gasteiger partial charge in [-0.2, -0.15) is 0 Å². The standard InChI is InChI=1S/C15H22N2/c16-9-13-4-3-5-14(8-13)10-17-11-15(12-17)6-1-2-7-15/h3-5,8H,1-2,6-7,9-12,16H2. The van der Waals surface area contributed by atoms with E-state index in [1.54, 1.807) is 0 Å². The Morgan fingerprint density at radius 3 is 2.53 bits per heavy atom. The van der Waals surface area contributed by atoms with Crippen molar-refractivity contribution in [1.82, 2.24) is 4.90 Å². The Labute approximate surface area is 104 Å². The van der Waals surface area contributed by atoms with Crippen LogP contribution in [0.4, 0.5) is 0 Å². The zero-order valence-electron chi connectivity index (χ0n) is 10.5. The molecule has 17 heavy (non-hydrogen) atoms. The van der Waals surface area contributed by atoms with Crippen molar-refractivity contribution in [1.29, 1.82) is 0 Å². The predicted octanol–water partition coefficient (Wildman–Crippen LogP) is 2.52. The maximum atomic E-state index is 5.68. The quantitative estimate of drug-likeness (QED) is 0.864. The van der Waals surface area contributed by atoms with E-state index in [9.17, 15) is 0 Å². The van der Waals surface area contributed by atoms with Crippen LogP contribution >= 0.6 is 0 Å². The molecule has 2 aliphatic rings. The van der Waals surface area contributed by atoms with Gasteiger partial charge in [-0.15, -0.1) is 0 Å². The lowest BCUT2D eigenvalue weighted by atomic mass is 9.78. The van der Waals surface area contributed by atoms with E-state index in [1.165, 1.54) is 49.9 Å². The highest BCUT2D eigenvalue weighted by Crippen LogP contribution is 2.45. The lowest BCUT2D eigenvalue weighted by Gasteiger charge is -2.48. The molecule has 1 aliphatic carbocycles. The highest BCUT2D eigenvalue weighted by molar-refractivity contribution is 5.23. The molecular formula is C15H22N2. The Morgan fingerprint density at radius 2 is 1.82 bits per heavy atom. The lowest BCUT2D eigenvalue weighted by molar-refractivity contribution is -0.000258. The van der Waals surface area contributed by atoms with Crippen molar-refractivity contribution in [3.05, 3.63) is 35.4 Å². The maximum absolute atomic E-state index is 5.68. The smallest absolute Gasteiger partial charge is 0.0234 e. The topological polar surface area (TPSA) is 29.3 Å². The first-order valence-corrected chi connectivity index (χ1v) is 6.80. The summed E-state index contributed by atoms with van der Waals surface area (Å²) in [6.07, 6.45) is 5.84. The molecule has 1 heterocycles. The fourth-order valence-corrected chi connectivity index (χ4v) is 3.57. The van der Waals surface area contributed by atoms with Gasteiger partial charge in [-0.05, 0) is 29.4 Å². The SMILES string of the molecule is NCc1cccc(CN2CC3(CCCC3)C2)c1. The van der Waals surface area contributed by atoms with Crippen LogP contribution in [0.5, 0.6) is 0 Å². The summed E-state index contributed by atoms with van der Waals surface area (Å²) in [5, 5.41) is 0. The van der Waals surface area contributed by atoms with Crippen LogP contribution in [0.25, 0.3) is 0 Å². The monoisotopic (exact) mass is 230 g/mol. The first-order valence-electron chi connectivity index (χ1n) is 6.80. The summed E-state index contributed by atoms with van der Waals surface area (Å²) in [4.78, 5) is 2.58. The predicted molar refractivity (Wildman–Crippen MR) is 70.5 cm³/mol. The van der Waals surface area contributed by atoms with Gasteiger partial charge in [0, 0.05) is 26.2 Å². The maximum Gasteiger partial charge on any atom is 0.0234 e. The minimum atomic E-state index is 0.651. The molecule has 0 atom stereocenters. The number of nitrogens with zero attached hydrogens (tertiary/aromatic N) is 1. The molecule has 2 N–H and O–H groups in total. The van der Waals surface area contributed by atoms with Crippen molar-refractivity contribution in [2.24, 2.45) is 11.1 Å². The van der Waals surface area contributed by atoms with Crippen molar-refractivity contribution in [3.63, 3.8) is 0 Å². The Morgan fingerprint density at radius 1 is 1.12 bits per heavy atom. The van der Waals surface area contributed by atoms with Crippen molar-refractivity contribution in [2.75, 3.05) is 13.1 Å². The Hall–Kier alpha value is -0.860. The molecule has 2 nitrogen and oxygen atoms in total. The molecule has 0 bridgehead atoms. The van der Waals surface area contributed by atoms with Crippen LogP contribution in [-0.4, -0.2) is 18.0 Å². The number of rotatable bonds is 3. The van der Waals surface area contributed by atoms with Gasteiger partial charge < -0.3 is 5.73 Å². The van der Waals surface area contributed by atoms with Gasteiger partial charge in [-0.25, -0.2) is 0 Å². The highest BCUT2D eigenvalue weighted by atomic mass is 15.2. The lowest BCUT2D eigenvalue weighted by Crippen LogP contribution is -2.54. The minimum absolute atomic E-state index is 0.651. The minimum Gasteiger partial charge on any atom is -0.326 e. The van der Waals surface area contributed by atoms with Gasteiger partial charge >= 0.3 is 0 Å². The van der Waals surface area contributed by atoms with Gasteiger partial charge in [-0.1, -0.05) is 37.1 Å². The third-order valence-electron chi connectivity index (χ3n) is 4.42. The largest absolute Gasteiger partial charge is 0.326 e. The Balaban J connectivity index is 1.57. The zero-order chi connectivity index (χ0) is 11.7. The Kier molecular flexibility index (Phi) is 2.93. The summed E-state index contributed by atoms with van der Waals surface area (Å²) < 4.78 is 0. The third-order valence-corrected chi connectivity index (χ3v) is 4.42. The first-order chi connectivity index (χ1) is 8.30. The number of likely N-dealkylation sites (tertiary alicyclic amines) is 1. The van der Waals surface area contributed by atoms with E-state index in [-0.39, 0.29) is 0 Å². The van der Waals surface area contributed by atoms with Gasteiger partial charge in [0.1, 0.15) is 0 Å². The molecule has 1 spiro atoms. The van der Waals surface area contributed by atoms with Crippen molar-refractivity contribution in [3.8, 4) is 0 Å². The Bertz CT molecular complexity index is 386. The molecule has 0 unspecified atom stereocenters. The van der Waals surface area contributed by atoms with E-state index in [2.05, 4.69) is 29.2 Å². The molecule has 1 aromatic carbocycles. The van der Waals surface area contributed by atoms with E-state index in [0.717, 1.165) is 6.54 Å². The molecule has 2 fully saturated rings. The van der Waals surface area contributed by atoms with Gasteiger partial charge in [0.2, 0.25) is 0 Å². The van der Waals surface area contributed by atoms with Crippen LogP contribution in [0.1, 0.15) is 36.8 Å². The van der Waals surface area contributed by atoms with Gasteiger partial charge in [0.15, 0.2) is 0 Å². The van der Waals surface area contributed by atoms with Crippen LogP contribution < -0.4 is 5.73 Å². The molecule has 2 heteroatoms. The number of nitrogens with two attached hydrogens (primary N) is 1. The van der Waals surface area contributed by atoms with Crippen LogP contribution in [0.2, 0.25) is 0 Å². The van der Waals surface area contributed by atoms with Crippen molar-refractivity contribution < 1.29 is 0 Å². The second-order valence-corrected chi connectivity index (χ2v) is 5.88. The first kappa shape index (κ1) is 11.2. The highest BCUT2D eigenvalue weighted by Gasteiger charge is 2.44. The van der Waals surface area contributed by atoms with E-state index < -0.39 is 0 Å². The molecule has 0 amide bonds. The molecule has 0 aromatic heterocycles. The summed E-state index contributed by atoms with van der Waals surface area (Å²) in [7, 11) is 0. The molecule has 1 saturated carbocycles. The van der Waals surface area contributed by atoms with Crippen LogP contribution in [0, 0.1) is 5.41 Å². The molecule has 92 valence electrons. The van der Waals surface area contributed by atoms with Crippen molar-refractivity contribution >= 4 is 0 Å². The second-order valence-electron chi connectivity index (χ2n) is 5.88. The third kappa shape index (κ3) is 2.24. The summed E-state index contributed by atoms with van der Waals surface area (Å²) >= 11 is 0. The van der Waals surface area contributed by atoms with Gasteiger partial charge in [0.05, 0.1) is 0 Å². The summed E-state index contributed by atoms with van der Waals surface area (Å²) in [6.45, 7) is 4.40. The molecule has 0 radical (unpaired) electrons. The number of hydrogen-bond acceptors (Lipinski definition) is 2. The number of hydrogen-bond donors (Lipinski definition) is 1. The van der Waals surface area contributed by atoms with Crippen molar-refractivity contribution in [2.45, 2.75) is 38.8 Å². The van der Waals surface area contributed by atoms with E-state index in [1.807, 2.05) is 0 Å². The van der Waals surface area contributed by atoms with Crippen LogP contribution in [-0.2, 0) is 13.1 Å². The van der Waals surface area contributed by atoms with Gasteiger partial charge in [-0.3, -0.25) is 4.90 Å². The van der Waals surface area contributed by atoms with E-state index >= 15 is 0 Å². The average Bonchev–Trinajstić information content (AvgIpc) is 2.78. The summed E-state index contributed by atoms with van der Waals surface area (Å²) in [5.41, 5.74) is 9.06. The summed E-state index contributed by atoms with van der Waals surface area (Å²) in [6, 6.07) is 8.71. The molecule has 1 aromatic rings. The fraction of sp³-hybridized carbons (Fsp3) is 0.600. The second kappa shape index (κ2) is 4.43. The van der Waals surface area contributed by atoms with Crippen LogP contribution in [0.3, 0.4) is 0 Å². The number of benzene rings is 1. The molecular weight excluding hydrogens is 208 g/mol.